The summed E-state index contributed by atoms with van der Waals surface area (Å²) in [5.41, 5.74) is 9.25. The molecule has 12 rings (SSSR count). The first kappa shape index (κ1) is 34.1. The van der Waals surface area contributed by atoms with Crippen molar-refractivity contribution < 1.29 is 0 Å². The molecule has 0 aliphatic carbocycles. The third-order valence-electron chi connectivity index (χ3n) is 12.3. The average Bonchev–Trinajstić information content (AvgIpc) is 3.32. The van der Waals surface area contributed by atoms with E-state index in [1.807, 2.05) is 0 Å². The Kier molecular flexibility index (Phi) is 7.89. The van der Waals surface area contributed by atoms with E-state index >= 15 is 0 Å². The lowest BCUT2D eigenvalue weighted by Crippen LogP contribution is -2.10. The van der Waals surface area contributed by atoms with E-state index in [-0.39, 0.29) is 0 Å². The maximum atomic E-state index is 2.42. The first-order valence-electron chi connectivity index (χ1n) is 20.7. The van der Waals surface area contributed by atoms with Gasteiger partial charge < -0.3 is 9.80 Å². The monoisotopic (exact) mass is 762 g/mol. The van der Waals surface area contributed by atoms with Gasteiger partial charge in [0.2, 0.25) is 0 Å². The van der Waals surface area contributed by atoms with Crippen molar-refractivity contribution in [2.24, 2.45) is 0 Å². The molecule has 0 fully saturated rings. The fourth-order valence-electron chi connectivity index (χ4n) is 9.50. The van der Waals surface area contributed by atoms with E-state index in [0.717, 1.165) is 28.4 Å². The minimum Gasteiger partial charge on any atom is -0.310 e. The van der Waals surface area contributed by atoms with E-state index in [2.05, 4.69) is 240 Å². The van der Waals surface area contributed by atoms with E-state index < -0.39 is 0 Å². The zero-order chi connectivity index (χ0) is 39.6. The van der Waals surface area contributed by atoms with Crippen LogP contribution in [0.4, 0.5) is 34.1 Å². The highest BCUT2D eigenvalue weighted by Gasteiger charge is 2.21. The van der Waals surface area contributed by atoms with Gasteiger partial charge in [-0.3, -0.25) is 0 Å². The summed E-state index contributed by atoms with van der Waals surface area (Å²) in [6.45, 7) is 0. The van der Waals surface area contributed by atoms with Gasteiger partial charge in [0, 0.05) is 33.5 Å². The standard InChI is InChI=1S/C58H38N2/c1-2-19-47(20-3-1)60(50-33-25-40-13-5-7-16-45(40)37-50)56-38-46-29-34-51(53-35-28-43-18-10-22-54(56)57(43)58(46)53)42-26-30-48(31-27-42)59(49-32-24-39-12-4-6-15-44(39)36-49)55-23-11-17-41-14-8-9-21-52(41)55/h1-38H. The molecule has 12 aromatic carbocycles. The zero-order valence-corrected chi connectivity index (χ0v) is 32.8. The molecule has 2 heteroatoms. The molecule has 0 radical (unpaired) electrons. The average molecular weight is 763 g/mol. The maximum absolute atomic E-state index is 2.42. The minimum atomic E-state index is 1.11. The van der Waals surface area contributed by atoms with Crippen LogP contribution >= 0.6 is 0 Å². The van der Waals surface area contributed by atoms with Crippen molar-refractivity contribution in [2.45, 2.75) is 0 Å². The number of para-hydroxylation sites is 1. The molecule has 0 saturated heterocycles. The second-order valence-corrected chi connectivity index (χ2v) is 15.7. The van der Waals surface area contributed by atoms with Gasteiger partial charge in [-0.15, -0.1) is 0 Å². The summed E-state index contributed by atoms with van der Waals surface area (Å²) in [6, 6.07) is 84.4. The molecular weight excluding hydrogens is 725 g/mol. The quantitative estimate of drug-likeness (QED) is 0.149. The van der Waals surface area contributed by atoms with Crippen LogP contribution in [-0.4, -0.2) is 0 Å². The summed E-state index contributed by atoms with van der Waals surface area (Å²) in [7, 11) is 0. The highest BCUT2D eigenvalue weighted by Crippen LogP contribution is 2.47. The van der Waals surface area contributed by atoms with Gasteiger partial charge in [-0.2, -0.15) is 0 Å². The van der Waals surface area contributed by atoms with Gasteiger partial charge in [0.1, 0.15) is 0 Å². The van der Waals surface area contributed by atoms with Crippen molar-refractivity contribution in [3.8, 4) is 11.1 Å². The first-order valence-corrected chi connectivity index (χ1v) is 20.7. The second-order valence-electron chi connectivity index (χ2n) is 15.7. The Bertz CT molecular complexity index is 3550. The van der Waals surface area contributed by atoms with Crippen LogP contribution < -0.4 is 9.80 Å². The number of rotatable bonds is 7. The highest BCUT2D eigenvalue weighted by atomic mass is 15.1. The Balaban J connectivity index is 1.01. The van der Waals surface area contributed by atoms with Crippen molar-refractivity contribution in [2.75, 3.05) is 9.80 Å². The molecular formula is C58H38N2. The van der Waals surface area contributed by atoms with Gasteiger partial charge in [-0.05, 0) is 126 Å². The Hall–Kier alpha value is -7.94. The number of hydrogen-bond acceptors (Lipinski definition) is 2. The van der Waals surface area contributed by atoms with Crippen LogP contribution in [0.1, 0.15) is 0 Å². The molecule has 0 aliphatic heterocycles. The minimum absolute atomic E-state index is 1.11. The third-order valence-corrected chi connectivity index (χ3v) is 12.3. The molecule has 12 aromatic rings. The molecule has 0 atom stereocenters. The lowest BCUT2D eigenvalue weighted by Gasteiger charge is -2.28. The van der Waals surface area contributed by atoms with E-state index in [4.69, 9.17) is 0 Å². The smallest absolute Gasteiger partial charge is 0.0546 e. The molecule has 0 bridgehead atoms. The number of benzene rings is 12. The van der Waals surface area contributed by atoms with Crippen LogP contribution in [0.2, 0.25) is 0 Å². The van der Waals surface area contributed by atoms with Crippen LogP contribution in [0, 0.1) is 0 Å². The summed E-state index contributed by atoms with van der Waals surface area (Å²) in [4.78, 5) is 4.82. The van der Waals surface area contributed by atoms with Crippen LogP contribution in [-0.2, 0) is 0 Å². The molecule has 0 aliphatic rings. The lowest BCUT2D eigenvalue weighted by atomic mass is 9.88. The highest BCUT2D eigenvalue weighted by molar-refractivity contribution is 6.28. The molecule has 0 heterocycles. The van der Waals surface area contributed by atoms with E-state index in [1.165, 1.54) is 81.4 Å². The van der Waals surface area contributed by atoms with Gasteiger partial charge >= 0.3 is 0 Å². The van der Waals surface area contributed by atoms with Crippen molar-refractivity contribution in [1.29, 1.82) is 0 Å². The summed E-state index contributed by atoms with van der Waals surface area (Å²) >= 11 is 0. The normalized spacial score (nSPS) is 11.7. The summed E-state index contributed by atoms with van der Waals surface area (Å²) in [5.74, 6) is 0. The largest absolute Gasteiger partial charge is 0.310 e. The number of hydrogen-bond donors (Lipinski definition) is 0. The number of anilines is 6. The first-order chi connectivity index (χ1) is 29.7. The van der Waals surface area contributed by atoms with Gasteiger partial charge in [-0.1, -0.05) is 170 Å². The summed E-state index contributed by atoms with van der Waals surface area (Å²) < 4.78 is 0. The van der Waals surface area contributed by atoms with Gasteiger partial charge in [-0.25, -0.2) is 0 Å². The van der Waals surface area contributed by atoms with Crippen LogP contribution in [0.5, 0.6) is 0 Å². The number of nitrogens with zero attached hydrogens (tertiary/aromatic N) is 2. The van der Waals surface area contributed by atoms with E-state index in [0.29, 0.717) is 0 Å². The number of fused-ring (bicyclic) bond motifs is 3. The fraction of sp³-hybridized carbons (Fsp3) is 0. The fourth-order valence-corrected chi connectivity index (χ4v) is 9.50. The lowest BCUT2D eigenvalue weighted by molar-refractivity contribution is 1.30. The Morgan fingerprint density at radius 1 is 0.233 bits per heavy atom. The molecule has 0 unspecified atom stereocenters. The van der Waals surface area contributed by atoms with Gasteiger partial charge in [0.25, 0.3) is 0 Å². The van der Waals surface area contributed by atoms with Crippen molar-refractivity contribution >= 4 is 98.8 Å². The van der Waals surface area contributed by atoms with E-state index in [1.54, 1.807) is 0 Å². The Morgan fingerprint density at radius 3 is 1.47 bits per heavy atom. The van der Waals surface area contributed by atoms with Crippen LogP contribution in [0.3, 0.4) is 0 Å². The second kappa shape index (κ2) is 13.9. The van der Waals surface area contributed by atoms with Crippen molar-refractivity contribution in [3.05, 3.63) is 231 Å². The van der Waals surface area contributed by atoms with Crippen molar-refractivity contribution in [1.82, 2.24) is 0 Å². The molecule has 0 spiro atoms. The zero-order valence-electron chi connectivity index (χ0n) is 32.8. The third kappa shape index (κ3) is 5.57. The van der Waals surface area contributed by atoms with Crippen molar-refractivity contribution in [3.63, 3.8) is 0 Å². The topological polar surface area (TPSA) is 6.48 Å². The molecule has 2 nitrogen and oxygen atoms in total. The van der Waals surface area contributed by atoms with E-state index in [9.17, 15) is 0 Å². The molecule has 280 valence electrons. The Labute approximate surface area is 348 Å². The molecule has 60 heavy (non-hydrogen) atoms. The predicted octanol–water partition coefficient (Wildman–Crippen LogP) is 16.7. The van der Waals surface area contributed by atoms with Gasteiger partial charge in [0.15, 0.2) is 0 Å². The molecule has 0 amide bonds. The molecule has 0 N–H and O–H groups in total. The molecule has 0 aromatic heterocycles. The Morgan fingerprint density at radius 2 is 0.733 bits per heavy atom. The molecule has 0 saturated carbocycles. The summed E-state index contributed by atoms with van der Waals surface area (Å²) in [6.07, 6.45) is 0. The van der Waals surface area contributed by atoms with Crippen LogP contribution in [0.25, 0.3) is 75.8 Å². The van der Waals surface area contributed by atoms with Gasteiger partial charge in [0.05, 0.1) is 11.4 Å². The van der Waals surface area contributed by atoms with Crippen LogP contribution in [0.15, 0.2) is 231 Å². The predicted molar refractivity (Wildman–Crippen MR) is 257 cm³/mol. The summed E-state index contributed by atoms with van der Waals surface area (Å²) in [5, 5.41) is 14.9. The SMILES string of the molecule is c1ccc(N(c2ccc3ccccc3c2)c2cc3ccc(-c4ccc(N(c5ccc6ccccc6c5)c5cccc6ccccc56)cc4)c4ccc5cccc2c5c34)cc1. The maximum Gasteiger partial charge on any atom is 0.0546 e.